The van der Waals surface area contributed by atoms with E-state index in [4.69, 9.17) is 14.8 Å². The first-order chi connectivity index (χ1) is 19.7. The number of nitrogens with one attached hydrogen (secondary N) is 2. The van der Waals surface area contributed by atoms with Crippen LogP contribution < -0.4 is 20.3 Å². The summed E-state index contributed by atoms with van der Waals surface area (Å²) in [4.78, 5) is 39.4. The van der Waals surface area contributed by atoms with E-state index in [9.17, 15) is 9.59 Å². The van der Waals surface area contributed by atoms with Crippen LogP contribution in [0, 0.1) is 0 Å². The fourth-order valence-electron chi connectivity index (χ4n) is 5.00. The number of aromatic nitrogens is 4. The minimum absolute atomic E-state index is 0.0528. The van der Waals surface area contributed by atoms with Crippen LogP contribution in [0.1, 0.15) is 36.9 Å². The van der Waals surface area contributed by atoms with Crippen LogP contribution in [0.25, 0.3) is 5.82 Å². The van der Waals surface area contributed by atoms with Crippen LogP contribution in [0.2, 0.25) is 0 Å². The Bertz CT molecular complexity index is 1440. The molecule has 0 spiro atoms. The smallest absolute Gasteiger partial charge is 0.247 e. The number of rotatable bonds is 10. The Morgan fingerprint density at radius 3 is 2.56 bits per heavy atom. The van der Waals surface area contributed by atoms with Gasteiger partial charge in [-0.25, -0.2) is 9.67 Å². The molecular formula is C29H37N9O3. The summed E-state index contributed by atoms with van der Waals surface area (Å²) in [6.45, 7) is 8.42. The third-order valence-corrected chi connectivity index (χ3v) is 7.22. The molecule has 0 radical (unpaired) electrons. The highest BCUT2D eigenvalue weighted by Crippen LogP contribution is 2.41. The molecule has 0 bridgehead atoms. The maximum atomic E-state index is 12.3. The van der Waals surface area contributed by atoms with E-state index < -0.39 is 0 Å². The van der Waals surface area contributed by atoms with Crippen molar-refractivity contribution in [3.05, 3.63) is 54.5 Å². The van der Waals surface area contributed by atoms with E-state index in [1.807, 2.05) is 27.9 Å². The fourth-order valence-corrected chi connectivity index (χ4v) is 5.00. The van der Waals surface area contributed by atoms with Crippen molar-refractivity contribution in [1.29, 1.82) is 0 Å². The first-order valence-corrected chi connectivity index (χ1v) is 13.7. The van der Waals surface area contributed by atoms with Gasteiger partial charge >= 0.3 is 0 Å². The molecule has 0 atom stereocenters. The molecule has 1 saturated heterocycles. The Hall–Kier alpha value is -4.45. The van der Waals surface area contributed by atoms with Gasteiger partial charge in [-0.05, 0) is 39.1 Å². The number of carbonyl (C=O) groups excluding carboxylic acids is 2. The van der Waals surface area contributed by atoms with Gasteiger partial charge in [-0.1, -0.05) is 6.58 Å². The van der Waals surface area contributed by atoms with Gasteiger partial charge in [0, 0.05) is 75.7 Å². The van der Waals surface area contributed by atoms with E-state index in [2.05, 4.69) is 46.1 Å². The van der Waals surface area contributed by atoms with E-state index in [0.717, 1.165) is 17.9 Å². The standard InChI is InChI=1S/C29H37N9O3/c1-6-27(40)31-22-15-23(25(41-5)16-24(22)37-13-11-36(12-14-37)19(2)39)32-29-30-10-9-26(33-29)38-18-21(17-35(3)4)28(34-38)20-7-8-20/h6,9-10,15-16,18,20H,1,7-8,11-14,17H2,2-5H3,(H,31,40)(H,30,32,33). The van der Waals surface area contributed by atoms with Crippen molar-refractivity contribution < 1.29 is 14.3 Å². The average molecular weight is 560 g/mol. The van der Waals surface area contributed by atoms with Crippen molar-refractivity contribution in [3.8, 4) is 11.6 Å². The quantitative estimate of drug-likeness (QED) is 0.361. The highest BCUT2D eigenvalue weighted by atomic mass is 16.5. The first-order valence-electron chi connectivity index (χ1n) is 13.7. The minimum atomic E-state index is -0.332. The molecule has 5 rings (SSSR count). The summed E-state index contributed by atoms with van der Waals surface area (Å²) < 4.78 is 7.55. The predicted molar refractivity (Wildman–Crippen MR) is 158 cm³/mol. The second kappa shape index (κ2) is 12.0. The number of ether oxygens (including phenoxy) is 1. The molecule has 2 fully saturated rings. The largest absolute Gasteiger partial charge is 0.494 e. The maximum absolute atomic E-state index is 12.3. The number of benzene rings is 1. The zero-order valence-electron chi connectivity index (χ0n) is 24.1. The van der Waals surface area contributed by atoms with Gasteiger partial charge in [-0.3, -0.25) is 9.59 Å². The second-order valence-electron chi connectivity index (χ2n) is 10.6. The minimum Gasteiger partial charge on any atom is -0.494 e. The van der Waals surface area contributed by atoms with Gasteiger partial charge in [0.25, 0.3) is 0 Å². The lowest BCUT2D eigenvalue weighted by Crippen LogP contribution is -2.48. The predicted octanol–water partition coefficient (Wildman–Crippen LogP) is 3.15. The Morgan fingerprint density at radius 1 is 1.17 bits per heavy atom. The monoisotopic (exact) mass is 559 g/mol. The second-order valence-corrected chi connectivity index (χ2v) is 10.6. The first kappa shape index (κ1) is 28.1. The van der Waals surface area contributed by atoms with Gasteiger partial charge in [0.1, 0.15) is 5.75 Å². The number of carbonyl (C=O) groups is 2. The van der Waals surface area contributed by atoms with Gasteiger partial charge in [0.2, 0.25) is 17.8 Å². The van der Waals surface area contributed by atoms with Crippen LogP contribution in [0.15, 0.2) is 43.2 Å². The molecule has 3 aromatic rings. The summed E-state index contributed by atoms with van der Waals surface area (Å²) in [6, 6.07) is 5.50. The Kier molecular flexibility index (Phi) is 8.20. The van der Waals surface area contributed by atoms with E-state index in [-0.39, 0.29) is 11.8 Å². The molecule has 1 aromatic carbocycles. The molecule has 2 amide bonds. The summed E-state index contributed by atoms with van der Waals surface area (Å²) in [6.07, 6.45) is 7.29. The third-order valence-electron chi connectivity index (χ3n) is 7.22. The molecule has 2 N–H and O–H groups in total. The molecule has 2 aliphatic rings. The topological polar surface area (TPSA) is 121 Å². The molecule has 2 aromatic heterocycles. The molecule has 12 heteroatoms. The summed E-state index contributed by atoms with van der Waals surface area (Å²) in [7, 11) is 5.70. The lowest BCUT2D eigenvalue weighted by Gasteiger charge is -2.36. The summed E-state index contributed by atoms with van der Waals surface area (Å²) in [5, 5.41) is 11.0. The Morgan fingerprint density at radius 2 is 1.93 bits per heavy atom. The number of amides is 2. The number of anilines is 4. The number of hydrogen-bond acceptors (Lipinski definition) is 9. The van der Waals surface area contributed by atoms with Gasteiger partial charge < -0.3 is 30.1 Å². The summed E-state index contributed by atoms with van der Waals surface area (Å²) >= 11 is 0. The van der Waals surface area contributed by atoms with Crippen LogP contribution in [0.3, 0.4) is 0 Å². The number of hydrogen-bond donors (Lipinski definition) is 2. The van der Waals surface area contributed by atoms with Crippen molar-refractivity contribution in [2.75, 3.05) is 62.9 Å². The Balaban J connectivity index is 1.44. The van der Waals surface area contributed by atoms with Crippen molar-refractivity contribution in [1.82, 2.24) is 29.5 Å². The van der Waals surface area contributed by atoms with Crippen LogP contribution in [0.4, 0.5) is 23.0 Å². The molecule has 3 heterocycles. The van der Waals surface area contributed by atoms with Crippen molar-refractivity contribution in [2.45, 2.75) is 32.2 Å². The zero-order valence-corrected chi connectivity index (χ0v) is 24.1. The molecule has 1 saturated carbocycles. The number of nitrogens with zero attached hydrogens (tertiary/aromatic N) is 7. The summed E-state index contributed by atoms with van der Waals surface area (Å²) in [5.41, 5.74) is 4.30. The molecule has 1 aliphatic heterocycles. The van der Waals surface area contributed by atoms with Crippen LogP contribution in [0.5, 0.6) is 5.75 Å². The fraction of sp³-hybridized carbons (Fsp3) is 0.414. The lowest BCUT2D eigenvalue weighted by molar-refractivity contribution is -0.129. The van der Waals surface area contributed by atoms with Crippen LogP contribution in [-0.2, 0) is 16.1 Å². The van der Waals surface area contributed by atoms with Crippen LogP contribution >= 0.6 is 0 Å². The van der Waals surface area contributed by atoms with Gasteiger partial charge in [-0.15, -0.1) is 0 Å². The zero-order chi connectivity index (χ0) is 29.1. The van der Waals surface area contributed by atoms with Gasteiger partial charge in [-0.2, -0.15) is 10.1 Å². The number of methoxy groups -OCH3 is 1. The highest BCUT2D eigenvalue weighted by molar-refractivity contribution is 6.02. The van der Waals surface area contributed by atoms with E-state index in [1.165, 1.54) is 24.5 Å². The Labute approximate surface area is 240 Å². The normalized spacial score (nSPS) is 15.1. The molecule has 1 aliphatic carbocycles. The van der Waals surface area contributed by atoms with Crippen molar-refractivity contribution >= 4 is 34.8 Å². The molecule has 41 heavy (non-hydrogen) atoms. The van der Waals surface area contributed by atoms with E-state index >= 15 is 0 Å². The van der Waals surface area contributed by atoms with E-state index in [0.29, 0.717) is 61.0 Å². The third kappa shape index (κ3) is 6.49. The molecule has 12 nitrogen and oxygen atoms in total. The van der Waals surface area contributed by atoms with Gasteiger partial charge in [0.15, 0.2) is 5.82 Å². The molecular weight excluding hydrogens is 522 g/mol. The maximum Gasteiger partial charge on any atom is 0.247 e. The molecule has 216 valence electrons. The van der Waals surface area contributed by atoms with Crippen molar-refractivity contribution in [2.24, 2.45) is 0 Å². The number of piperazine rings is 1. The lowest BCUT2D eigenvalue weighted by atomic mass is 10.1. The van der Waals surface area contributed by atoms with Gasteiger partial charge in [0.05, 0.1) is 29.9 Å². The van der Waals surface area contributed by atoms with Crippen LogP contribution in [-0.4, -0.2) is 88.7 Å². The van der Waals surface area contributed by atoms with Crippen molar-refractivity contribution in [3.63, 3.8) is 0 Å². The average Bonchev–Trinajstić information content (AvgIpc) is 3.72. The highest BCUT2D eigenvalue weighted by Gasteiger charge is 2.30. The SMILES string of the molecule is C=CC(=O)Nc1cc(Nc2nccc(-n3cc(CN(C)C)c(C4CC4)n3)n2)c(OC)cc1N1CCN(C(C)=O)CC1. The molecule has 0 unspecified atom stereocenters. The van der Waals surface area contributed by atoms with E-state index in [1.54, 1.807) is 26.3 Å². The summed E-state index contributed by atoms with van der Waals surface area (Å²) in [5.74, 6) is 1.81.